The van der Waals surface area contributed by atoms with Gasteiger partial charge in [-0.2, -0.15) is 5.26 Å². The number of carbonyl (C=O) groups is 1. The van der Waals surface area contributed by atoms with Crippen molar-refractivity contribution in [2.24, 2.45) is 0 Å². The minimum atomic E-state index is -0.0841. The lowest BCUT2D eigenvalue weighted by molar-refractivity contribution is -0.117. The fourth-order valence-corrected chi connectivity index (χ4v) is 4.49. The van der Waals surface area contributed by atoms with Crippen molar-refractivity contribution in [3.8, 4) is 6.07 Å². The number of aromatic nitrogens is 1. The number of nitriles is 1. The molecular formula is C25H30N4O2. The van der Waals surface area contributed by atoms with E-state index in [1.165, 1.54) is 11.1 Å². The highest BCUT2D eigenvalue weighted by molar-refractivity contribution is 5.93. The van der Waals surface area contributed by atoms with Crippen LogP contribution in [0.25, 0.3) is 5.57 Å². The van der Waals surface area contributed by atoms with Crippen LogP contribution in [-0.4, -0.2) is 47.7 Å². The number of carbonyl (C=O) groups excluding carboxylic acids is 1. The normalized spacial score (nSPS) is 19.1. The standard InChI is InChI=1S/C25H30N4O2/c1-18-19(2)29(16-22-9-6-14-31-22)25(23(18)15-26)27-24(30)17-28-12-10-21(11-13-28)20-7-4-3-5-8-20/h3-5,7-8,10,22H,6,9,11-14,16-17H2,1-2H3,(H,27,30)/t22-/m1/s1. The maximum Gasteiger partial charge on any atom is 0.239 e. The van der Waals surface area contributed by atoms with Gasteiger partial charge in [-0.3, -0.25) is 9.69 Å². The molecule has 31 heavy (non-hydrogen) atoms. The van der Waals surface area contributed by atoms with Crippen LogP contribution in [0.3, 0.4) is 0 Å². The summed E-state index contributed by atoms with van der Waals surface area (Å²) in [6.45, 7) is 7.29. The zero-order chi connectivity index (χ0) is 21.8. The Morgan fingerprint density at radius 2 is 2.10 bits per heavy atom. The average Bonchev–Trinajstić information content (AvgIpc) is 3.38. The molecule has 0 saturated carbocycles. The quantitative estimate of drug-likeness (QED) is 0.773. The van der Waals surface area contributed by atoms with E-state index in [0.29, 0.717) is 24.5 Å². The average molecular weight is 419 g/mol. The van der Waals surface area contributed by atoms with Gasteiger partial charge in [-0.1, -0.05) is 36.4 Å². The summed E-state index contributed by atoms with van der Waals surface area (Å²) in [6, 6.07) is 12.7. The Labute approximate surface area is 184 Å². The van der Waals surface area contributed by atoms with E-state index in [2.05, 4.69) is 46.6 Å². The van der Waals surface area contributed by atoms with Gasteiger partial charge in [0.25, 0.3) is 0 Å². The van der Waals surface area contributed by atoms with E-state index in [9.17, 15) is 10.1 Å². The van der Waals surface area contributed by atoms with Crippen LogP contribution in [0.2, 0.25) is 0 Å². The first-order chi connectivity index (χ1) is 15.1. The smallest absolute Gasteiger partial charge is 0.239 e. The molecule has 6 heteroatoms. The maximum absolute atomic E-state index is 12.9. The Balaban J connectivity index is 1.43. The molecule has 3 heterocycles. The summed E-state index contributed by atoms with van der Waals surface area (Å²) in [6.07, 6.45) is 5.34. The van der Waals surface area contributed by atoms with Gasteiger partial charge in [0.2, 0.25) is 5.91 Å². The lowest BCUT2D eigenvalue weighted by Gasteiger charge is -2.26. The van der Waals surface area contributed by atoms with Crippen LogP contribution in [0, 0.1) is 25.2 Å². The summed E-state index contributed by atoms with van der Waals surface area (Å²) in [4.78, 5) is 15.0. The number of benzene rings is 1. The summed E-state index contributed by atoms with van der Waals surface area (Å²) >= 11 is 0. The van der Waals surface area contributed by atoms with Crippen LogP contribution < -0.4 is 5.32 Å². The number of hydrogen-bond donors (Lipinski definition) is 1. The van der Waals surface area contributed by atoms with Crippen LogP contribution in [-0.2, 0) is 16.1 Å². The molecule has 2 aromatic rings. The molecule has 1 N–H and O–H groups in total. The topological polar surface area (TPSA) is 70.3 Å². The zero-order valence-electron chi connectivity index (χ0n) is 18.4. The van der Waals surface area contributed by atoms with Crippen LogP contribution in [0.1, 0.15) is 41.6 Å². The highest BCUT2D eigenvalue weighted by Gasteiger charge is 2.24. The molecule has 1 aromatic heterocycles. The molecule has 1 aromatic carbocycles. The Hall–Kier alpha value is -2.88. The van der Waals surface area contributed by atoms with E-state index in [4.69, 9.17) is 4.74 Å². The first-order valence-electron chi connectivity index (χ1n) is 11.0. The molecule has 162 valence electrons. The first-order valence-corrected chi connectivity index (χ1v) is 11.0. The molecule has 1 fully saturated rings. The molecule has 0 aliphatic carbocycles. The predicted octanol–water partition coefficient (Wildman–Crippen LogP) is 3.88. The highest BCUT2D eigenvalue weighted by Crippen LogP contribution is 2.28. The predicted molar refractivity (Wildman–Crippen MR) is 122 cm³/mol. The minimum Gasteiger partial charge on any atom is -0.376 e. The van der Waals surface area contributed by atoms with Gasteiger partial charge in [0.1, 0.15) is 11.9 Å². The number of anilines is 1. The Kier molecular flexibility index (Phi) is 6.55. The van der Waals surface area contributed by atoms with Crippen LogP contribution in [0.4, 0.5) is 5.82 Å². The van der Waals surface area contributed by atoms with Crippen molar-refractivity contribution in [3.63, 3.8) is 0 Å². The number of amides is 1. The van der Waals surface area contributed by atoms with Crippen molar-refractivity contribution in [2.45, 2.75) is 45.8 Å². The van der Waals surface area contributed by atoms with E-state index in [0.717, 1.165) is 50.2 Å². The fourth-order valence-electron chi connectivity index (χ4n) is 4.49. The van der Waals surface area contributed by atoms with Gasteiger partial charge in [0, 0.05) is 25.4 Å². The zero-order valence-corrected chi connectivity index (χ0v) is 18.4. The molecule has 1 atom stereocenters. The van der Waals surface area contributed by atoms with E-state index in [-0.39, 0.29) is 12.0 Å². The van der Waals surface area contributed by atoms with Gasteiger partial charge in [-0.15, -0.1) is 0 Å². The molecule has 0 spiro atoms. The number of nitrogens with zero attached hydrogens (tertiary/aromatic N) is 3. The second kappa shape index (κ2) is 9.51. The monoisotopic (exact) mass is 418 g/mol. The molecule has 2 aliphatic heterocycles. The molecule has 0 unspecified atom stereocenters. The van der Waals surface area contributed by atoms with Crippen LogP contribution in [0.15, 0.2) is 36.4 Å². The van der Waals surface area contributed by atoms with Gasteiger partial charge in [-0.05, 0) is 49.8 Å². The lowest BCUT2D eigenvalue weighted by atomic mass is 10.00. The van der Waals surface area contributed by atoms with Crippen molar-refractivity contribution in [1.29, 1.82) is 5.26 Å². The Morgan fingerprint density at radius 3 is 2.74 bits per heavy atom. The molecular weight excluding hydrogens is 388 g/mol. The number of ether oxygens (including phenoxy) is 1. The van der Waals surface area contributed by atoms with Gasteiger partial charge < -0.3 is 14.6 Å². The summed E-state index contributed by atoms with van der Waals surface area (Å²) in [7, 11) is 0. The lowest BCUT2D eigenvalue weighted by Crippen LogP contribution is -2.36. The highest BCUT2D eigenvalue weighted by atomic mass is 16.5. The second-order valence-electron chi connectivity index (χ2n) is 8.42. The van der Waals surface area contributed by atoms with Gasteiger partial charge >= 0.3 is 0 Å². The third-order valence-corrected chi connectivity index (χ3v) is 6.41. The number of rotatable bonds is 6. The van der Waals surface area contributed by atoms with Crippen molar-refractivity contribution < 1.29 is 9.53 Å². The van der Waals surface area contributed by atoms with Crippen molar-refractivity contribution in [2.75, 3.05) is 31.6 Å². The van der Waals surface area contributed by atoms with Gasteiger partial charge in [0.05, 0.1) is 24.8 Å². The van der Waals surface area contributed by atoms with E-state index in [1.807, 2.05) is 24.5 Å². The van der Waals surface area contributed by atoms with Crippen molar-refractivity contribution in [1.82, 2.24) is 9.47 Å². The van der Waals surface area contributed by atoms with Crippen LogP contribution >= 0.6 is 0 Å². The summed E-state index contributed by atoms with van der Waals surface area (Å²) < 4.78 is 7.84. The minimum absolute atomic E-state index is 0.0841. The number of hydrogen-bond acceptors (Lipinski definition) is 4. The van der Waals surface area contributed by atoms with Crippen molar-refractivity contribution in [3.05, 3.63) is 58.8 Å². The van der Waals surface area contributed by atoms with Crippen molar-refractivity contribution >= 4 is 17.3 Å². The third kappa shape index (κ3) is 4.73. The Morgan fingerprint density at radius 1 is 1.29 bits per heavy atom. The van der Waals surface area contributed by atoms with E-state index in [1.54, 1.807) is 0 Å². The van der Waals surface area contributed by atoms with E-state index < -0.39 is 0 Å². The molecule has 0 radical (unpaired) electrons. The summed E-state index contributed by atoms with van der Waals surface area (Å²) in [5.41, 5.74) is 5.07. The molecule has 1 saturated heterocycles. The summed E-state index contributed by atoms with van der Waals surface area (Å²) in [5.74, 6) is 0.523. The molecule has 2 aliphatic rings. The van der Waals surface area contributed by atoms with Gasteiger partial charge in [0.15, 0.2) is 0 Å². The largest absolute Gasteiger partial charge is 0.376 e. The SMILES string of the molecule is Cc1c(C#N)c(NC(=O)CN2CC=C(c3ccccc3)CC2)n(C[C@H]2CCCO2)c1C. The molecule has 0 bridgehead atoms. The molecule has 4 rings (SSSR count). The Bertz CT molecular complexity index is 1010. The molecule has 1 amide bonds. The number of nitrogens with one attached hydrogen (secondary N) is 1. The third-order valence-electron chi connectivity index (χ3n) is 6.41. The first kappa shape index (κ1) is 21.4. The van der Waals surface area contributed by atoms with E-state index >= 15 is 0 Å². The second-order valence-corrected chi connectivity index (χ2v) is 8.42. The maximum atomic E-state index is 12.9. The van der Waals surface area contributed by atoms with Gasteiger partial charge in [-0.25, -0.2) is 0 Å². The summed E-state index contributed by atoms with van der Waals surface area (Å²) in [5, 5.41) is 12.7. The van der Waals surface area contributed by atoms with Crippen LogP contribution in [0.5, 0.6) is 0 Å². The fraction of sp³-hybridized carbons (Fsp3) is 0.440. The molecule has 6 nitrogen and oxygen atoms in total.